The van der Waals surface area contributed by atoms with Gasteiger partial charge < -0.3 is 28.1 Å². The first-order valence-corrected chi connectivity index (χ1v) is 12.4. The topological polar surface area (TPSA) is 72.5 Å². The van der Waals surface area contributed by atoms with Crippen LogP contribution in [0.2, 0.25) is 18.1 Å². The predicted octanol–water partition coefficient (Wildman–Crippen LogP) is 2.87. The van der Waals surface area contributed by atoms with E-state index in [1.165, 1.54) is 14.2 Å². The Morgan fingerprint density at radius 1 is 1.07 bits per heavy atom. The van der Waals surface area contributed by atoms with E-state index in [-0.39, 0.29) is 23.7 Å². The van der Waals surface area contributed by atoms with Crippen LogP contribution in [-0.4, -0.2) is 71.4 Å². The Morgan fingerprint density at radius 2 is 1.63 bits per heavy atom. The molecule has 1 saturated heterocycles. The van der Waals surface area contributed by atoms with Gasteiger partial charge in [0, 0.05) is 20.6 Å². The summed E-state index contributed by atoms with van der Waals surface area (Å²) in [4.78, 5) is 12.8. The third kappa shape index (κ3) is 3.97. The molecule has 1 heterocycles. The molecule has 158 valence electrons. The maximum Gasteiger partial charge on any atom is 0.341 e. The molecule has 5 atom stereocenters. The first-order chi connectivity index (χ1) is 12.2. The van der Waals surface area contributed by atoms with Gasteiger partial charge >= 0.3 is 5.97 Å². The average molecular weight is 405 g/mol. The van der Waals surface area contributed by atoms with Crippen LogP contribution < -0.4 is 0 Å². The molecule has 0 radical (unpaired) electrons. The number of esters is 1. The van der Waals surface area contributed by atoms with Crippen LogP contribution in [-0.2, 0) is 32.9 Å². The van der Waals surface area contributed by atoms with E-state index >= 15 is 0 Å². The highest BCUT2D eigenvalue weighted by atomic mass is 28.4. The summed E-state index contributed by atoms with van der Waals surface area (Å²) < 4.78 is 35.5. The summed E-state index contributed by atoms with van der Waals surface area (Å²) in [7, 11) is 2.25. The Morgan fingerprint density at radius 3 is 2.07 bits per heavy atom. The molecule has 27 heavy (non-hydrogen) atoms. The van der Waals surface area contributed by atoms with E-state index in [1.807, 2.05) is 13.8 Å². The Kier molecular flexibility index (Phi) is 6.23. The first-order valence-electron chi connectivity index (χ1n) is 9.44. The van der Waals surface area contributed by atoms with Crippen molar-refractivity contribution in [3.8, 4) is 0 Å². The van der Waals surface area contributed by atoms with E-state index in [4.69, 9.17) is 28.1 Å². The monoisotopic (exact) mass is 404 g/mol. The lowest BCUT2D eigenvalue weighted by molar-refractivity contribution is -0.224. The van der Waals surface area contributed by atoms with Gasteiger partial charge in [-0.1, -0.05) is 20.8 Å². The third-order valence-electron chi connectivity index (χ3n) is 6.19. The smallest absolute Gasteiger partial charge is 0.341 e. The molecule has 0 aromatic rings. The zero-order valence-corrected chi connectivity index (χ0v) is 19.4. The highest BCUT2D eigenvalue weighted by Gasteiger charge is 2.65. The van der Waals surface area contributed by atoms with E-state index in [0.717, 1.165) is 0 Å². The highest BCUT2D eigenvalue weighted by Crippen LogP contribution is 2.47. The van der Waals surface area contributed by atoms with Crippen LogP contribution in [0.25, 0.3) is 0 Å². The number of ether oxygens (including phenoxy) is 5. The number of rotatable bonds is 5. The number of hydrogen-bond acceptors (Lipinski definition) is 7. The second-order valence-electron chi connectivity index (χ2n) is 9.43. The molecule has 0 spiro atoms. The molecule has 0 aromatic carbocycles. The van der Waals surface area contributed by atoms with Crippen molar-refractivity contribution in [3.05, 3.63) is 0 Å². The fraction of sp³-hybridized carbons (Fsp3) is 0.947. The molecule has 8 heteroatoms. The average Bonchev–Trinajstić information content (AvgIpc) is 2.87. The van der Waals surface area contributed by atoms with Crippen molar-refractivity contribution in [2.24, 2.45) is 0 Å². The largest absolute Gasteiger partial charge is 0.467 e. The van der Waals surface area contributed by atoms with Crippen molar-refractivity contribution in [1.29, 1.82) is 0 Å². The van der Waals surface area contributed by atoms with Crippen LogP contribution in [0.4, 0.5) is 0 Å². The summed E-state index contributed by atoms with van der Waals surface area (Å²) in [5.74, 6) is -1.30. The molecule has 0 N–H and O–H groups in total. The van der Waals surface area contributed by atoms with Gasteiger partial charge in [-0.3, -0.25) is 0 Å². The third-order valence-corrected chi connectivity index (χ3v) is 10.7. The number of carbonyl (C=O) groups is 1. The predicted molar refractivity (Wildman–Crippen MR) is 103 cm³/mol. The lowest BCUT2D eigenvalue weighted by Gasteiger charge is -2.49. The molecule has 2 fully saturated rings. The number of hydrogen-bond donors (Lipinski definition) is 0. The summed E-state index contributed by atoms with van der Waals surface area (Å²) >= 11 is 0. The van der Waals surface area contributed by atoms with Gasteiger partial charge in [-0.15, -0.1) is 0 Å². The van der Waals surface area contributed by atoms with Gasteiger partial charge in [0.15, 0.2) is 19.7 Å². The van der Waals surface area contributed by atoms with E-state index in [1.54, 1.807) is 7.11 Å². The maximum atomic E-state index is 12.8. The van der Waals surface area contributed by atoms with Crippen molar-refractivity contribution in [2.45, 2.75) is 95.0 Å². The lowest BCUT2D eigenvalue weighted by atomic mass is 9.76. The zero-order valence-electron chi connectivity index (χ0n) is 18.4. The van der Waals surface area contributed by atoms with Crippen LogP contribution >= 0.6 is 0 Å². The molecule has 7 nitrogen and oxygen atoms in total. The molecule has 2 aliphatic rings. The number of methoxy groups -OCH3 is 3. The Bertz CT molecular complexity index is 557. The normalized spacial score (nSPS) is 36.4. The maximum absolute atomic E-state index is 12.8. The van der Waals surface area contributed by atoms with Gasteiger partial charge in [-0.05, 0) is 32.0 Å². The van der Waals surface area contributed by atoms with E-state index in [0.29, 0.717) is 0 Å². The van der Waals surface area contributed by atoms with Crippen LogP contribution in [0, 0.1) is 0 Å². The second-order valence-corrected chi connectivity index (χ2v) is 14.2. The van der Waals surface area contributed by atoms with Gasteiger partial charge in [-0.25, -0.2) is 4.79 Å². The lowest BCUT2D eigenvalue weighted by Crippen LogP contribution is -2.68. The molecule has 1 aliphatic heterocycles. The molecule has 1 aliphatic carbocycles. The number of carbonyl (C=O) groups excluding carboxylic acids is 1. The molecule has 0 bridgehead atoms. The second kappa shape index (κ2) is 7.39. The highest BCUT2D eigenvalue weighted by molar-refractivity contribution is 6.74. The van der Waals surface area contributed by atoms with E-state index in [2.05, 4.69) is 33.9 Å². The Balaban J connectivity index is 2.48. The van der Waals surface area contributed by atoms with Gasteiger partial charge in [0.05, 0.1) is 13.2 Å². The SMILES string of the molecule is COC(=O)[C@]1(OC)C[C@H](O[Si](C)(C)C(C)(C)C)[C@@H]2OC(C)(C)O[C@@H]2[C@H]1OC. The van der Waals surface area contributed by atoms with Gasteiger partial charge in [0.1, 0.15) is 18.3 Å². The zero-order chi connectivity index (χ0) is 20.8. The summed E-state index contributed by atoms with van der Waals surface area (Å²) in [5.41, 5.74) is -1.32. The summed E-state index contributed by atoms with van der Waals surface area (Å²) in [5, 5.41) is 0.0105. The molecule has 2 rings (SSSR count). The van der Waals surface area contributed by atoms with Crippen molar-refractivity contribution >= 4 is 14.3 Å². The fourth-order valence-electron chi connectivity index (χ4n) is 3.78. The first kappa shape index (κ1) is 22.8. The van der Waals surface area contributed by atoms with Gasteiger partial charge in [-0.2, -0.15) is 0 Å². The molecule has 0 amide bonds. The van der Waals surface area contributed by atoms with Gasteiger partial charge in [0.25, 0.3) is 0 Å². The van der Waals surface area contributed by atoms with Crippen LogP contribution in [0.15, 0.2) is 0 Å². The van der Waals surface area contributed by atoms with Crippen LogP contribution in [0.5, 0.6) is 0 Å². The van der Waals surface area contributed by atoms with E-state index in [9.17, 15) is 4.79 Å². The molecular weight excluding hydrogens is 368 g/mol. The Labute approximate surface area is 164 Å². The van der Waals surface area contributed by atoms with Crippen LogP contribution in [0.3, 0.4) is 0 Å². The molecule has 0 unspecified atom stereocenters. The molecular formula is C19H36O7Si. The van der Waals surface area contributed by atoms with E-state index < -0.39 is 37.9 Å². The minimum absolute atomic E-state index is 0.0105. The Hall–Kier alpha value is -0.513. The van der Waals surface area contributed by atoms with Crippen molar-refractivity contribution < 1.29 is 32.9 Å². The van der Waals surface area contributed by atoms with Crippen molar-refractivity contribution in [2.75, 3.05) is 21.3 Å². The van der Waals surface area contributed by atoms with Gasteiger partial charge in [0.2, 0.25) is 0 Å². The molecule has 1 saturated carbocycles. The summed E-state index contributed by atoms with van der Waals surface area (Å²) in [6.07, 6.45) is -1.62. The minimum atomic E-state index is -2.14. The number of fused-ring (bicyclic) bond motifs is 1. The summed E-state index contributed by atoms with van der Waals surface area (Å²) in [6, 6.07) is 0. The fourth-order valence-corrected chi connectivity index (χ4v) is 5.11. The quantitative estimate of drug-likeness (QED) is 0.515. The van der Waals surface area contributed by atoms with Crippen molar-refractivity contribution in [3.63, 3.8) is 0 Å². The standard InChI is InChI=1S/C19H36O7Si/c1-17(2,3)27(9,10)26-12-11-19(23-8,16(20)22-7)15(21-6)14-13(12)24-18(4,5)25-14/h12-15H,11H2,1-10H3/t12-,13-,14-,15+,19-/m0/s1. The minimum Gasteiger partial charge on any atom is -0.467 e. The van der Waals surface area contributed by atoms with Crippen LogP contribution in [0.1, 0.15) is 41.0 Å². The molecule has 0 aromatic heterocycles. The summed E-state index contributed by atoms with van der Waals surface area (Å²) in [6.45, 7) is 14.6. The van der Waals surface area contributed by atoms with Crippen molar-refractivity contribution in [1.82, 2.24) is 0 Å².